The molecule has 2 amide bonds. The third-order valence-electron chi connectivity index (χ3n) is 11.4. The number of hydrogen-bond acceptors (Lipinski definition) is 8. The van der Waals surface area contributed by atoms with Crippen LogP contribution in [0.2, 0.25) is 0 Å². The monoisotopic (exact) mass is 774 g/mol. The van der Waals surface area contributed by atoms with Gasteiger partial charge >= 0.3 is 0 Å². The van der Waals surface area contributed by atoms with Gasteiger partial charge in [-0.05, 0) is 105 Å². The van der Waals surface area contributed by atoms with E-state index in [1.165, 1.54) is 0 Å². The molecule has 4 aromatic carbocycles. The lowest BCUT2D eigenvalue weighted by atomic mass is 9.86. The highest BCUT2D eigenvalue weighted by atomic mass is 35.5. The predicted octanol–water partition coefficient (Wildman–Crippen LogP) is 9.33. The fourth-order valence-corrected chi connectivity index (χ4v) is 9.16. The predicted molar refractivity (Wildman–Crippen MR) is 221 cm³/mol. The molecule has 1 aliphatic carbocycles. The summed E-state index contributed by atoms with van der Waals surface area (Å²) in [4.78, 5) is 37.5. The molecule has 6 rings (SSSR count). The number of benzene rings is 4. The van der Waals surface area contributed by atoms with E-state index in [1.807, 2.05) is 88.4 Å². The number of aliphatic hydroxyl groups is 1. The number of imide groups is 1. The zero-order chi connectivity index (χ0) is 40.3. The Bertz CT molecular complexity index is 2150. The van der Waals surface area contributed by atoms with Gasteiger partial charge < -0.3 is 14.9 Å². The van der Waals surface area contributed by atoms with Gasteiger partial charge in [0.2, 0.25) is 5.00 Å². The van der Waals surface area contributed by atoms with Crippen molar-refractivity contribution in [1.29, 1.82) is 5.26 Å². The topological polar surface area (TPSA) is 117 Å². The van der Waals surface area contributed by atoms with Crippen LogP contribution < -0.4 is 9.80 Å². The maximum Gasteiger partial charge on any atom is 0.275 e. The largest absolute Gasteiger partial charge is 0.388 e. The van der Waals surface area contributed by atoms with Gasteiger partial charge in [-0.15, -0.1) is 0 Å². The van der Waals surface area contributed by atoms with E-state index in [0.29, 0.717) is 17.7 Å². The minimum atomic E-state index is -2.17. The van der Waals surface area contributed by atoms with Crippen LogP contribution in [0.1, 0.15) is 91.9 Å². The molecule has 0 saturated carbocycles. The molecule has 0 radical (unpaired) electrons. The minimum Gasteiger partial charge on any atom is -0.388 e. The molecule has 9 nitrogen and oxygen atoms in total. The van der Waals surface area contributed by atoms with Crippen LogP contribution in [0, 0.1) is 32.1 Å². The van der Waals surface area contributed by atoms with Gasteiger partial charge in [-0.3, -0.25) is 14.5 Å². The van der Waals surface area contributed by atoms with Gasteiger partial charge in [0.05, 0.1) is 6.10 Å². The summed E-state index contributed by atoms with van der Waals surface area (Å²) in [5.41, 5.74) is 8.97. The average molecular weight is 775 g/mol. The Morgan fingerprint density at radius 2 is 1.55 bits per heavy atom. The number of carbonyl (C=O) groups excluding carboxylic acids is 2. The van der Waals surface area contributed by atoms with Gasteiger partial charge in [-0.2, -0.15) is 5.26 Å². The molecule has 0 fully saturated rings. The standard InChI is InChI=1S/C46H51ClN4O5/c1-7-14-40-39(28-48)44(53)50(24-23-42(52)33-21-19-29(4)25-30(33)5)45(54)46(40,47)51(41-22-20-32(26-31(41)6)49(8-2)9-3)43(56-55)27-38-36-17-12-10-15-34(36)35-16-11-13-18-37(35)38/h10-13,15-22,25-26,38,42-43,52,55H,7-9,14,23-24,27H2,1-6H3. The second-order valence-electron chi connectivity index (χ2n) is 14.8. The summed E-state index contributed by atoms with van der Waals surface area (Å²) in [6.45, 7) is 13.2. The molecule has 4 aromatic rings. The van der Waals surface area contributed by atoms with E-state index in [2.05, 4.69) is 49.1 Å². The van der Waals surface area contributed by atoms with Crippen LogP contribution in [-0.4, -0.2) is 57.9 Å². The van der Waals surface area contributed by atoms with Crippen LogP contribution in [0.15, 0.2) is 96.1 Å². The third-order valence-corrected chi connectivity index (χ3v) is 12.0. The number of amides is 2. The Morgan fingerprint density at radius 1 is 0.911 bits per heavy atom. The van der Waals surface area contributed by atoms with Crippen molar-refractivity contribution in [3.8, 4) is 17.2 Å². The summed E-state index contributed by atoms with van der Waals surface area (Å²) < 4.78 is 0. The van der Waals surface area contributed by atoms with E-state index in [0.717, 1.165) is 62.6 Å². The maximum absolute atomic E-state index is 15.3. The molecule has 0 spiro atoms. The quantitative estimate of drug-likeness (QED) is 0.0307. The molecule has 2 N–H and O–H groups in total. The highest BCUT2D eigenvalue weighted by molar-refractivity contribution is 6.42. The highest BCUT2D eigenvalue weighted by Crippen LogP contribution is 2.50. The first-order valence-electron chi connectivity index (χ1n) is 19.5. The normalized spacial score (nSPS) is 17.8. The Labute approximate surface area is 335 Å². The second kappa shape index (κ2) is 17.0. The molecule has 0 saturated heterocycles. The number of anilines is 2. The van der Waals surface area contributed by atoms with Crippen molar-refractivity contribution >= 4 is 34.8 Å². The smallest absolute Gasteiger partial charge is 0.275 e. The lowest BCUT2D eigenvalue weighted by Crippen LogP contribution is -2.65. The highest BCUT2D eigenvalue weighted by Gasteiger charge is 2.57. The summed E-state index contributed by atoms with van der Waals surface area (Å²) in [6.07, 6.45) is -1.41. The van der Waals surface area contributed by atoms with Crippen LogP contribution in [-0.2, 0) is 14.5 Å². The number of halogens is 1. The van der Waals surface area contributed by atoms with Crippen molar-refractivity contribution in [1.82, 2.24) is 4.90 Å². The molecule has 1 aliphatic heterocycles. The van der Waals surface area contributed by atoms with E-state index >= 15 is 4.79 Å². The number of fused-ring (bicyclic) bond motifs is 3. The molecule has 2 aliphatic rings. The van der Waals surface area contributed by atoms with E-state index in [4.69, 9.17) is 16.5 Å². The van der Waals surface area contributed by atoms with Crippen molar-refractivity contribution in [2.75, 3.05) is 29.4 Å². The van der Waals surface area contributed by atoms with Crippen molar-refractivity contribution in [2.45, 2.75) is 90.5 Å². The Kier molecular flexibility index (Phi) is 12.4. The first-order valence-corrected chi connectivity index (χ1v) is 19.9. The third kappa shape index (κ3) is 7.23. The Morgan fingerprint density at radius 3 is 2.11 bits per heavy atom. The Hall–Kier alpha value is -4.98. The number of hydrogen-bond donors (Lipinski definition) is 2. The molecule has 1 heterocycles. The van der Waals surface area contributed by atoms with Gasteiger partial charge in [-0.1, -0.05) is 97.2 Å². The van der Waals surface area contributed by atoms with Gasteiger partial charge in [0, 0.05) is 48.9 Å². The number of rotatable bonds is 15. The number of carbonyl (C=O) groups is 2. The van der Waals surface area contributed by atoms with Crippen LogP contribution in [0.5, 0.6) is 0 Å². The lowest BCUT2D eigenvalue weighted by molar-refractivity contribution is -0.281. The van der Waals surface area contributed by atoms with Crippen molar-refractivity contribution < 1.29 is 24.8 Å². The minimum absolute atomic E-state index is 0.0172. The summed E-state index contributed by atoms with van der Waals surface area (Å²) in [7, 11) is 0. The van der Waals surface area contributed by atoms with Gasteiger partial charge in [0.1, 0.15) is 11.6 Å². The maximum atomic E-state index is 15.3. The average Bonchev–Trinajstić information content (AvgIpc) is 3.51. The number of alkyl halides is 1. The summed E-state index contributed by atoms with van der Waals surface area (Å²) in [5.74, 6) is -1.80. The van der Waals surface area contributed by atoms with Crippen molar-refractivity contribution in [2.24, 2.45) is 0 Å². The van der Waals surface area contributed by atoms with Crippen LogP contribution in [0.4, 0.5) is 11.4 Å². The lowest BCUT2D eigenvalue weighted by Gasteiger charge is -2.49. The van der Waals surface area contributed by atoms with E-state index in [1.54, 1.807) is 4.90 Å². The zero-order valence-corrected chi connectivity index (χ0v) is 33.8. The molecular formula is C46H51ClN4O5. The molecular weight excluding hydrogens is 724 g/mol. The Balaban J connectivity index is 1.51. The fourth-order valence-electron chi connectivity index (χ4n) is 8.67. The number of aliphatic hydroxyl groups excluding tert-OH is 1. The molecule has 3 unspecified atom stereocenters. The fraction of sp³-hybridized carbons (Fsp3) is 0.370. The molecule has 292 valence electrons. The van der Waals surface area contributed by atoms with E-state index in [-0.39, 0.29) is 42.9 Å². The van der Waals surface area contributed by atoms with Crippen molar-refractivity contribution in [3.05, 3.63) is 129 Å². The van der Waals surface area contributed by atoms with Crippen LogP contribution in [0.25, 0.3) is 11.1 Å². The second-order valence-corrected chi connectivity index (χ2v) is 15.3. The molecule has 0 aromatic heterocycles. The molecule has 10 heteroatoms. The van der Waals surface area contributed by atoms with E-state index in [9.17, 15) is 20.4 Å². The van der Waals surface area contributed by atoms with Crippen LogP contribution in [0.3, 0.4) is 0 Å². The van der Waals surface area contributed by atoms with Crippen LogP contribution >= 0.6 is 11.6 Å². The van der Waals surface area contributed by atoms with Gasteiger partial charge in [-0.25, -0.2) is 10.1 Å². The zero-order valence-electron chi connectivity index (χ0n) is 33.1. The molecule has 56 heavy (non-hydrogen) atoms. The summed E-state index contributed by atoms with van der Waals surface area (Å²) in [5, 5.41) is 33.0. The SMILES string of the molecule is CCCC1=C(C#N)C(=O)N(CCC(O)c2ccc(C)cc2C)C(=O)C1(Cl)N(c1ccc(N(CC)CC)cc1C)C(CC1c2ccccc2-c2ccccc21)OO. The first kappa shape index (κ1) is 40.7. The van der Waals surface area contributed by atoms with Gasteiger partial charge in [0.15, 0.2) is 6.23 Å². The number of nitriles is 1. The number of aryl methyl sites for hydroxylation is 3. The van der Waals surface area contributed by atoms with E-state index < -0.39 is 29.1 Å². The number of nitrogens with zero attached hydrogens (tertiary/aromatic N) is 4. The first-order chi connectivity index (χ1) is 26.9. The summed E-state index contributed by atoms with van der Waals surface area (Å²) in [6, 6.07) is 29.8. The molecule has 3 atom stereocenters. The molecule has 0 bridgehead atoms. The summed E-state index contributed by atoms with van der Waals surface area (Å²) >= 11 is 7.88. The van der Waals surface area contributed by atoms with Gasteiger partial charge in [0.25, 0.3) is 11.8 Å². The van der Waals surface area contributed by atoms with Crippen molar-refractivity contribution in [3.63, 3.8) is 0 Å².